The highest BCUT2D eigenvalue weighted by Crippen LogP contribution is 2.19. The second-order valence-electron chi connectivity index (χ2n) is 4.86. The number of benzene rings is 1. The van der Waals surface area contributed by atoms with Crippen LogP contribution in [0.3, 0.4) is 0 Å². The molecule has 5 nitrogen and oxygen atoms in total. The molecule has 1 N–H and O–H groups in total. The summed E-state index contributed by atoms with van der Waals surface area (Å²) in [7, 11) is -3.25. The van der Waals surface area contributed by atoms with Crippen molar-refractivity contribution < 1.29 is 13.2 Å². The summed E-state index contributed by atoms with van der Waals surface area (Å²) < 4.78 is 22.9. The van der Waals surface area contributed by atoms with E-state index in [0.29, 0.717) is 11.3 Å². The molecule has 1 aromatic carbocycles. The number of nitrogens with one attached hydrogen (secondary N) is 1. The molecular formula is C16H16N2O3S. The number of pyridine rings is 1. The van der Waals surface area contributed by atoms with Crippen molar-refractivity contribution in [3.8, 4) is 0 Å². The van der Waals surface area contributed by atoms with Crippen molar-refractivity contribution in [2.75, 3.05) is 11.6 Å². The van der Waals surface area contributed by atoms with E-state index in [2.05, 4.69) is 10.3 Å². The second-order valence-corrected chi connectivity index (χ2v) is 6.87. The molecule has 2 aromatic rings. The average Bonchev–Trinajstić information content (AvgIpc) is 2.47. The zero-order valence-corrected chi connectivity index (χ0v) is 13.1. The Morgan fingerprint density at radius 1 is 1.27 bits per heavy atom. The van der Waals surface area contributed by atoms with E-state index < -0.39 is 9.84 Å². The molecule has 1 amide bonds. The van der Waals surface area contributed by atoms with Gasteiger partial charge in [-0.3, -0.25) is 9.78 Å². The molecule has 0 atom stereocenters. The lowest BCUT2D eigenvalue weighted by molar-refractivity contribution is -0.111. The minimum atomic E-state index is -3.25. The van der Waals surface area contributed by atoms with Gasteiger partial charge in [0.05, 0.1) is 4.90 Å². The van der Waals surface area contributed by atoms with E-state index >= 15 is 0 Å². The van der Waals surface area contributed by atoms with E-state index in [4.69, 9.17) is 0 Å². The molecule has 0 radical (unpaired) electrons. The largest absolute Gasteiger partial charge is 0.322 e. The van der Waals surface area contributed by atoms with Gasteiger partial charge in [-0.2, -0.15) is 0 Å². The Bertz CT molecular complexity index is 813. The quantitative estimate of drug-likeness (QED) is 0.879. The van der Waals surface area contributed by atoms with Crippen LogP contribution in [-0.2, 0) is 14.6 Å². The van der Waals surface area contributed by atoms with Crippen molar-refractivity contribution in [2.45, 2.75) is 11.8 Å². The fourth-order valence-electron chi connectivity index (χ4n) is 1.83. The summed E-state index contributed by atoms with van der Waals surface area (Å²) in [5, 5.41) is 2.72. The first kappa shape index (κ1) is 15.9. The second kappa shape index (κ2) is 6.53. The molecule has 0 fully saturated rings. The smallest absolute Gasteiger partial charge is 0.248 e. The Morgan fingerprint density at radius 2 is 2.05 bits per heavy atom. The maximum Gasteiger partial charge on any atom is 0.248 e. The highest BCUT2D eigenvalue weighted by Gasteiger charge is 2.09. The van der Waals surface area contributed by atoms with Crippen LogP contribution >= 0.6 is 0 Å². The van der Waals surface area contributed by atoms with Gasteiger partial charge in [0.1, 0.15) is 0 Å². The van der Waals surface area contributed by atoms with Crippen molar-refractivity contribution in [1.29, 1.82) is 0 Å². The van der Waals surface area contributed by atoms with Gasteiger partial charge in [-0.25, -0.2) is 8.42 Å². The molecule has 22 heavy (non-hydrogen) atoms. The average molecular weight is 316 g/mol. The summed E-state index contributed by atoms with van der Waals surface area (Å²) >= 11 is 0. The Morgan fingerprint density at radius 3 is 2.64 bits per heavy atom. The van der Waals surface area contributed by atoms with Crippen LogP contribution in [0.4, 0.5) is 5.69 Å². The van der Waals surface area contributed by atoms with Gasteiger partial charge in [-0.05, 0) is 48.4 Å². The van der Waals surface area contributed by atoms with Gasteiger partial charge in [0.2, 0.25) is 5.91 Å². The number of carbonyl (C=O) groups is 1. The predicted octanol–water partition coefficient (Wildman–Crippen LogP) is 2.45. The van der Waals surface area contributed by atoms with Crippen LogP contribution in [0.5, 0.6) is 0 Å². The lowest BCUT2D eigenvalue weighted by Gasteiger charge is -2.08. The summed E-state index contributed by atoms with van der Waals surface area (Å²) in [6, 6.07) is 8.22. The number of nitrogens with zero attached hydrogens (tertiary/aromatic N) is 1. The normalized spacial score (nSPS) is 11.5. The lowest BCUT2D eigenvalue weighted by Crippen LogP contribution is -2.09. The van der Waals surface area contributed by atoms with Crippen molar-refractivity contribution in [3.63, 3.8) is 0 Å². The topological polar surface area (TPSA) is 76.1 Å². The molecule has 0 saturated carbocycles. The molecule has 0 saturated heterocycles. The van der Waals surface area contributed by atoms with E-state index in [-0.39, 0.29) is 10.8 Å². The molecule has 0 bridgehead atoms. The Labute approximate surface area is 129 Å². The van der Waals surface area contributed by atoms with Gasteiger partial charge in [0.25, 0.3) is 0 Å². The molecule has 0 aliphatic heterocycles. The summed E-state index contributed by atoms with van der Waals surface area (Å²) in [4.78, 5) is 16.1. The summed E-state index contributed by atoms with van der Waals surface area (Å²) in [6.45, 7) is 1.75. The Kier molecular flexibility index (Phi) is 4.72. The third-order valence-electron chi connectivity index (χ3n) is 3.00. The number of hydrogen-bond acceptors (Lipinski definition) is 4. The maximum atomic E-state index is 11.9. The molecule has 0 aliphatic carbocycles. The van der Waals surface area contributed by atoms with Crippen LogP contribution < -0.4 is 5.32 Å². The first-order valence-corrected chi connectivity index (χ1v) is 8.45. The third-order valence-corrected chi connectivity index (χ3v) is 4.11. The van der Waals surface area contributed by atoms with Crippen LogP contribution in [0.25, 0.3) is 6.08 Å². The van der Waals surface area contributed by atoms with Gasteiger partial charge < -0.3 is 5.32 Å². The first-order valence-electron chi connectivity index (χ1n) is 6.56. The highest BCUT2D eigenvalue weighted by molar-refractivity contribution is 7.90. The molecule has 0 unspecified atom stereocenters. The number of carbonyl (C=O) groups excluding carboxylic acids is 1. The molecule has 0 aliphatic rings. The number of aryl methyl sites for hydroxylation is 1. The van der Waals surface area contributed by atoms with Crippen molar-refractivity contribution in [2.24, 2.45) is 0 Å². The maximum absolute atomic E-state index is 11.9. The lowest BCUT2D eigenvalue weighted by atomic mass is 10.2. The molecular weight excluding hydrogens is 300 g/mol. The van der Waals surface area contributed by atoms with Gasteiger partial charge in [0.15, 0.2) is 9.84 Å². The number of anilines is 1. The number of hydrogen-bond donors (Lipinski definition) is 1. The van der Waals surface area contributed by atoms with Gasteiger partial charge in [-0.1, -0.05) is 6.07 Å². The van der Waals surface area contributed by atoms with E-state index in [1.165, 1.54) is 18.2 Å². The molecule has 6 heteroatoms. The van der Waals surface area contributed by atoms with E-state index in [0.717, 1.165) is 11.8 Å². The fourth-order valence-corrected chi connectivity index (χ4v) is 2.53. The van der Waals surface area contributed by atoms with Crippen LogP contribution in [0.1, 0.15) is 11.1 Å². The molecule has 114 valence electrons. The summed E-state index contributed by atoms with van der Waals surface area (Å²) in [5.74, 6) is -0.293. The highest BCUT2D eigenvalue weighted by atomic mass is 32.2. The van der Waals surface area contributed by atoms with Crippen molar-refractivity contribution in [1.82, 2.24) is 4.98 Å². The zero-order chi connectivity index (χ0) is 16.2. The first-order chi connectivity index (χ1) is 10.4. The molecule has 1 heterocycles. The van der Waals surface area contributed by atoms with Gasteiger partial charge in [-0.15, -0.1) is 0 Å². The minimum Gasteiger partial charge on any atom is -0.322 e. The number of sulfone groups is 1. The minimum absolute atomic E-state index is 0.230. The van der Waals surface area contributed by atoms with Crippen LogP contribution in [-0.4, -0.2) is 25.6 Å². The summed E-state index contributed by atoms with van der Waals surface area (Å²) in [5.41, 5.74) is 2.08. The summed E-state index contributed by atoms with van der Waals surface area (Å²) in [6.07, 6.45) is 7.51. The molecule has 1 aromatic heterocycles. The van der Waals surface area contributed by atoms with Gasteiger partial charge >= 0.3 is 0 Å². The third kappa shape index (κ3) is 4.26. The zero-order valence-electron chi connectivity index (χ0n) is 12.3. The van der Waals surface area contributed by atoms with Crippen LogP contribution in [0.2, 0.25) is 0 Å². The predicted molar refractivity (Wildman–Crippen MR) is 86.2 cm³/mol. The Balaban J connectivity index is 2.11. The van der Waals surface area contributed by atoms with Crippen molar-refractivity contribution in [3.05, 3.63) is 59.9 Å². The number of amides is 1. The number of aromatic nitrogens is 1. The monoisotopic (exact) mass is 316 g/mol. The molecule has 0 spiro atoms. The van der Waals surface area contributed by atoms with Crippen LogP contribution in [0.15, 0.2) is 53.7 Å². The van der Waals surface area contributed by atoms with Crippen molar-refractivity contribution >= 4 is 27.5 Å². The number of rotatable bonds is 4. The fraction of sp³-hybridized carbons (Fsp3) is 0.125. The SMILES string of the molecule is Cc1cc(S(C)(=O)=O)ccc1NC(=O)/C=C/c1cccnc1. The van der Waals surface area contributed by atoms with E-state index in [1.807, 2.05) is 6.07 Å². The standard InChI is InChI=1S/C16H16N2O3S/c1-12-10-14(22(2,20)21)6-7-15(12)18-16(19)8-5-13-4-3-9-17-11-13/h3-11H,1-2H3,(H,18,19)/b8-5+. The van der Waals surface area contributed by atoms with Crippen LogP contribution in [0, 0.1) is 6.92 Å². The van der Waals surface area contributed by atoms with Gasteiger partial charge in [0, 0.05) is 30.4 Å². The Hall–Kier alpha value is -2.47. The van der Waals surface area contributed by atoms with E-state index in [1.54, 1.807) is 37.5 Å². The molecule has 2 rings (SSSR count). The van der Waals surface area contributed by atoms with E-state index in [9.17, 15) is 13.2 Å².